The zero-order chi connectivity index (χ0) is 18.6. The third-order valence-corrected chi connectivity index (χ3v) is 4.58. The third-order valence-electron chi connectivity index (χ3n) is 4.58. The largest absolute Gasteiger partial charge is 0.355 e. The maximum absolute atomic E-state index is 12.8. The van der Waals surface area contributed by atoms with Gasteiger partial charge in [-0.1, -0.05) is 51.5 Å². The number of rotatable bonds is 7. The van der Waals surface area contributed by atoms with Crippen molar-refractivity contribution in [3.63, 3.8) is 0 Å². The summed E-state index contributed by atoms with van der Waals surface area (Å²) in [5.74, 6) is -0.337. The van der Waals surface area contributed by atoms with Crippen LogP contribution in [-0.4, -0.2) is 35.8 Å². The molecule has 2 N–H and O–H groups in total. The minimum absolute atomic E-state index is 0.256. The Morgan fingerprint density at radius 3 is 2.44 bits per heavy atom. The molecule has 4 amide bonds. The maximum Gasteiger partial charge on any atom is 0.325 e. The molecule has 25 heavy (non-hydrogen) atoms. The second kappa shape index (κ2) is 7.68. The maximum atomic E-state index is 12.8. The summed E-state index contributed by atoms with van der Waals surface area (Å²) in [5, 5.41) is 5.45. The number of carbonyl (C=O) groups excluding carboxylic acids is 3. The van der Waals surface area contributed by atoms with Gasteiger partial charge in [-0.2, -0.15) is 0 Å². The monoisotopic (exact) mass is 345 g/mol. The van der Waals surface area contributed by atoms with Gasteiger partial charge in [0.05, 0.1) is 0 Å². The fourth-order valence-corrected chi connectivity index (χ4v) is 2.84. The molecule has 0 spiro atoms. The van der Waals surface area contributed by atoms with Crippen LogP contribution in [0.4, 0.5) is 4.79 Å². The lowest BCUT2D eigenvalue weighted by molar-refractivity contribution is -0.134. The van der Waals surface area contributed by atoms with Gasteiger partial charge in [-0.3, -0.25) is 14.5 Å². The van der Waals surface area contributed by atoms with E-state index in [1.807, 2.05) is 31.2 Å². The molecule has 0 saturated carbocycles. The number of urea groups is 1. The molecule has 1 heterocycles. The fraction of sp³-hybridized carbons (Fsp3) is 0.526. The zero-order valence-corrected chi connectivity index (χ0v) is 15.4. The van der Waals surface area contributed by atoms with Crippen molar-refractivity contribution in [2.75, 3.05) is 13.1 Å². The van der Waals surface area contributed by atoms with Crippen LogP contribution in [0.3, 0.4) is 0 Å². The second-order valence-electron chi connectivity index (χ2n) is 6.93. The van der Waals surface area contributed by atoms with E-state index >= 15 is 0 Å². The van der Waals surface area contributed by atoms with Gasteiger partial charge in [-0.15, -0.1) is 0 Å². The van der Waals surface area contributed by atoms with E-state index in [1.165, 1.54) is 0 Å². The SMILES string of the molecule is CCCCNC(=O)CN1C(=O)NC(C)(c2ccc(C(C)C)cc2)C1=O. The van der Waals surface area contributed by atoms with Crippen molar-refractivity contribution in [1.29, 1.82) is 0 Å². The van der Waals surface area contributed by atoms with E-state index in [0.29, 0.717) is 18.0 Å². The highest BCUT2D eigenvalue weighted by Crippen LogP contribution is 2.29. The van der Waals surface area contributed by atoms with E-state index in [4.69, 9.17) is 0 Å². The van der Waals surface area contributed by atoms with Crippen molar-refractivity contribution in [3.05, 3.63) is 35.4 Å². The number of amides is 4. The van der Waals surface area contributed by atoms with Gasteiger partial charge < -0.3 is 10.6 Å². The van der Waals surface area contributed by atoms with Crippen LogP contribution in [0.15, 0.2) is 24.3 Å². The Balaban J connectivity index is 2.12. The number of hydrogen-bond acceptors (Lipinski definition) is 3. The first kappa shape index (κ1) is 19.0. The van der Waals surface area contributed by atoms with E-state index in [2.05, 4.69) is 24.5 Å². The molecule has 136 valence electrons. The molecule has 1 unspecified atom stereocenters. The topological polar surface area (TPSA) is 78.5 Å². The first-order chi connectivity index (χ1) is 11.8. The van der Waals surface area contributed by atoms with Gasteiger partial charge in [0.2, 0.25) is 5.91 Å². The van der Waals surface area contributed by atoms with Crippen LogP contribution in [-0.2, 0) is 15.1 Å². The number of benzene rings is 1. The molecule has 0 aliphatic carbocycles. The molecule has 1 aromatic carbocycles. The Bertz CT molecular complexity index is 654. The summed E-state index contributed by atoms with van der Waals surface area (Å²) < 4.78 is 0. The molecule has 1 fully saturated rings. The predicted octanol–water partition coefficient (Wildman–Crippen LogP) is 2.49. The number of nitrogens with one attached hydrogen (secondary N) is 2. The summed E-state index contributed by atoms with van der Waals surface area (Å²) in [7, 11) is 0. The van der Waals surface area contributed by atoms with Gasteiger partial charge in [-0.25, -0.2) is 4.79 Å². The minimum atomic E-state index is -1.14. The average Bonchev–Trinajstić information content (AvgIpc) is 2.79. The molecule has 0 aromatic heterocycles. The highest BCUT2D eigenvalue weighted by Gasteiger charge is 2.49. The number of unbranched alkanes of at least 4 members (excludes halogenated alkanes) is 1. The normalized spacial score (nSPS) is 20.1. The lowest BCUT2D eigenvalue weighted by Gasteiger charge is -2.22. The molecule has 6 heteroatoms. The van der Waals surface area contributed by atoms with Crippen LogP contribution in [0.1, 0.15) is 57.6 Å². The van der Waals surface area contributed by atoms with Crippen molar-refractivity contribution in [1.82, 2.24) is 15.5 Å². The molecule has 1 saturated heterocycles. The first-order valence-electron chi connectivity index (χ1n) is 8.80. The average molecular weight is 345 g/mol. The Morgan fingerprint density at radius 2 is 1.88 bits per heavy atom. The molecule has 6 nitrogen and oxygen atoms in total. The highest BCUT2D eigenvalue weighted by molar-refractivity contribution is 6.09. The number of hydrogen-bond donors (Lipinski definition) is 2. The Morgan fingerprint density at radius 1 is 1.24 bits per heavy atom. The van der Waals surface area contributed by atoms with E-state index in [9.17, 15) is 14.4 Å². The molecule has 1 atom stereocenters. The summed E-state index contributed by atoms with van der Waals surface area (Å²) in [4.78, 5) is 37.9. The molecule has 0 bridgehead atoms. The molecular weight excluding hydrogens is 318 g/mol. The van der Waals surface area contributed by atoms with Crippen LogP contribution in [0, 0.1) is 0 Å². The third kappa shape index (κ3) is 4.00. The van der Waals surface area contributed by atoms with Gasteiger partial charge in [0.25, 0.3) is 5.91 Å². The van der Waals surface area contributed by atoms with Crippen molar-refractivity contribution >= 4 is 17.8 Å². The summed E-state index contributed by atoms with van der Waals surface area (Å²) in [6.45, 7) is 8.18. The number of nitrogens with zero attached hydrogens (tertiary/aromatic N) is 1. The lowest BCUT2D eigenvalue weighted by atomic mass is 9.90. The Hall–Kier alpha value is -2.37. The van der Waals surface area contributed by atoms with Crippen LogP contribution < -0.4 is 10.6 Å². The zero-order valence-electron chi connectivity index (χ0n) is 15.4. The van der Waals surface area contributed by atoms with E-state index in [0.717, 1.165) is 23.3 Å². The quantitative estimate of drug-likeness (QED) is 0.589. The van der Waals surface area contributed by atoms with Crippen LogP contribution >= 0.6 is 0 Å². The molecular formula is C19H27N3O3. The molecule has 1 aromatic rings. The van der Waals surface area contributed by atoms with Crippen molar-refractivity contribution < 1.29 is 14.4 Å². The standard InChI is InChI=1S/C19H27N3O3/c1-5-6-11-20-16(23)12-22-17(24)19(4,21-18(22)25)15-9-7-14(8-10-15)13(2)3/h7-10,13H,5-6,11-12H2,1-4H3,(H,20,23)(H,21,25). The van der Waals surface area contributed by atoms with Gasteiger partial charge in [0, 0.05) is 6.54 Å². The lowest BCUT2D eigenvalue weighted by Crippen LogP contribution is -2.43. The summed E-state index contributed by atoms with van der Waals surface area (Å²) >= 11 is 0. The fourth-order valence-electron chi connectivity index (χ4n) is 2.84. The first-order valence-corrected chi connectivity index (χ1v) is 8.80. The number of imide groups is 1. The van der Waals surface area contributed by atoms with E-state index < -0.39 is 17.5 Å². The summed E-state index contributed by atoms with van der Waals surface area (Å²) in [6.07, 6.45) is 1.83. The Kier molecular flexibility index (Phi) is 5.82. The van der Waals surface area contributed by atoms with E-state index in [1.54, 1.807) is 6.92 Å². The minimum Gasteiger partial charge on any atom is -0.355 e. The van der Waals surface area contributed by atoms with Crippen molar-refractivity contribution in [2.24, 2.45) is 0 Å². The van der Waals surface area contributed by atoms with Crippen LogP contribution in [0.25, 0.3) is 0 Å². The van der Waals surface area contributed by atoms with Gasteiger partial charge >= 0.3 is 6.03 Å². The molecule has 1 aliphatic rings. The summed E-state index contributed by atoms with van der Waals surface area (Å²) in [6, 6.07) is 7.11. The van der Waals surface area contributed by atoms with Gasteiger partial charge in [0.15, 0.2) is 0 Å². The predicted molar refractivity (Wildman–Crippen MR) is 96.0 cm³/mol. The molecule has 0 radical (unpaired) electrons. The Labute approximate surface area is 149 Å². The van der Waals surface area contributed by atoms with Crippen LogP contribution in [0.2, 0.25) is 0 Å². The van der Waals surface area contributed by atoms with Gasteiger partial charge in [0.1, 0.15) is 12.1 Å². The van der Waals surface area contributed by atoms with Crippen molar-refractivity contribution in [2.45, 2.75) is 52.0 Å². The van der Waals surface area contributed by atoms with E-state index in [-0.39, 0.29) is 12.5 Å². The smallest absolute Gasteiger partial charge is 0.325 e. The molecule has 1 aliphatic heterocycles. The highest BCUT2D eigenvalue weighted by atomic mass is 16.2. The van der Waals surface area contributed by atoms with Gasteiger partial charge in [-0.05, 0) is 30.4 Å². The molecule has 2 rings (SSSR count). The number of carbonyl (C=O) groups is 3. The van der Waals surface area contributed by atoms with Crippen molar-refractivity contribution in [3.8, 4) is 0 Å². The van der Waals surface area contributed by atoms with Crippen LogP contribution in [0.5, 0.6) is 0 Å². The summed E-state index contributed by atoms with van der Waals surface area (Å²) in [5.41, 5.74) is 0.733. The second-order valence-corrected chi connectivity index (χ2v) is 6.93.